The van der Waals surface area contributed by atoms with Gasteiger partial charge in [0.05, 0.1) is 17.0 Å². The number of benzene rings is 1. The normalized spacial score (nSPS) is 11.1. The quantitative estimate of drug-likeness (QED) is 0.757. The Bertz CT molecular complexity index is 467. The standard InChI is InChI=1S/C9H9ClO4S/c1-14-9(11)6-15(12,13)8-5-3-2-4-7(8)10/h2-5H,6H2,1H3. The summed E-state index contributed by atoms with van der Waals surface area (Å²) >= 11 is 5.70. The average molecular weight is 249 g/mol. The molecule has 0 aliphatic rings. The molecule has 0 heterocycles. The van der Waals surface area contributed by atoms with Gasteiger partial charge in [0.2, 0.25) is 0 Å². The number of methoxy groups -OCH3 is 1. The molecule has 82 valence electrons. The van der Waals surface area contributed by atoms with Gasteiger partial charge in [0.1, 0.15) is 0 Å². The molecule has 0 aliphatic heterocycles. The third-order valence-electron chi connectivity index (χ3n) is 1.71. The molecule has 0 N–H and O–H groups in total. The number of esters is 1. The number of rotatable bonds is 3. The molecule has 15 heavy (non-hydrogen) atoms. The second-order valence-corrected chi connectivity index (χ2v) is 5.13. The van der Waals surface area contributed by atoms with Crippen LogP contribution in [0, 0.1) is 0 Å². The highest BCUT2D eigenvalue weighted by Crippen LogP contribution is 2.21. The molecular weight excluding hydrogens is 240 g/mol. The maximum Gasteiger partial charge on any atom is 0.321 e. The van der Waals surface area contributed by atoms with Gasteiger partial charge in [-0.05, 0) is 12.1 Å². The number of carbonyl (C=O) groups is 1. The first kappa shape index (κ1) is 12.0. The Labute approximate surface area is 92.7 Å². The molecule has 0 aliphatic carbocycles. The van der Waals surface area contributed by atoms with Crippen LogP contribution < -0.4 is 0 Å². The molecule has 0 saturated carbocycles. The number of carbonyl (C=O) groups excluding carboxylic acids is 1. The summed E-state index contributed by atoms with van der Waals surface area (Å²) in [5, 5.41) is 0.0985. The number of hydrogen-bond donors (Lipinski definition) is 0. The molecule has 4 nitrogen and oxygen atoms in total. The number of ether oxygens (including phenoxy) is 1. The Morgan fingerprint density at radius 1 is 1.40 bits per heavy atom. The van der Waals surface area contributed by atoms with Crippen LogP contribution in [0.3, 0.4) is 0 Å². The molecule has 0 amide bonds. The Kier molecular flexibility index (Phi) is 3.71. The zero-order valence-corrected chi connectivity index (χ0v) is 9.51. The first-order chi connectivity index (χ1) is 6.97. The second kappa shape index (κ2) is 4.63. The molecule has 0 bridgehead atoms. The van der Waals surface area contributed by atoms with Gasteiger partial charge in [-0.25, -0.2) is 8.42 Å². The molecule has 1 aromatic rings. The molecule has 0 spiro atoms. The van der Waals surface area contributed by atoms with Crippen LogP contribution in [0.1, 0.15) is 0 Å². The molecule has 0 atom stereocenters. The van der Waals surface area contributed by atoms with Gasteiger partial charge in [-0.1, -0.05) is 23.7 Å². The van der Waals surface area contributed by atoms with Crippen molar-refractivity contribution < 1.29 is 17.9 Å². The van der Waals surface area contributed by atoms with Gasteiger partial charge in [0, 0.05) is 0 Å². The summed E-state index contributed by atoms with van der Waals surface area (Å²) in [6.07, 6.45) is 0. The van der Waals surface area contributed by atoms with E-state index >= 15 is 0 Å². The van der Waals surface area contributed by atoms with E-state index in [4.69, 9.17) is 11.6 Å². The van der Waals surface area contributed by atoms with E-state index in [1.807, 2.05) is 0 Å². The first-order valence-electron chi connectivity index (χ1n) is 4.01. The minimum Gasteiger partial charge on any atom is -0.468 e. The third-order valence-corrected chi connectivity index (χ3v) is 3.79. The van der Waals surface area contributed by atoms with Crippen molar-refractivity contribution in [3.8, 4) is 0 Å². The lowest BCUT2D eigenvalue weighted by Crippen LogP contribution is -2.17. The monoisotopic (exact) mass is 248 g/mol. The Balaban J connectivity index is 3.07. The Hall–Kier alpha value is -1.07. The SMILES string of the molecule is COC(=O)CS(=O)(=O)c1ccccc1Cl. The molecule has 6 heteroatoms. The van der Waals surface area contributed by atoms with Crippen LogP contribution in [-0.4, -0.2) is 27.2 Å². The maximum atomic E-state index is 11.6. The van der Waals surface area contributed by atoms with E-state index in [-0.39, 0.29) is 9.92 Å². The molecule has 0 saturated heterocycles. The van der Waals surface area contributed by atoms with Crippen molar-refractivity contribution in [2.24, 2.45) is 0 Å². The molecule has 0 aromatic heterocycles. The van der Waals surface area contributed by atoms with Crippen molar-refractivity contribution >= 4 is 27.4 Å². The lowest BCUT2D eigenvalue weighted by molar-refractivity contribution is -0.137. The summed E-state index contributed by atoms with van der Waals surface area (Å²) in [5.74, 6) is -1.51. The lowest BCUT2D eigenvalue weighted by Gasteiger charge is -2.04. The average Bonchev–Trinajstić information content (AvgIpc) is 2.17. The number of halogens is 1. The van der Waals surface area contributed by atoms with Crippen LogP contribution in [0.15, 0.2) is 29.2 Å². The largest absolute Gasteiger partial charge is 0.468 e. The second-order valence-electron chi connectivity index (χ2n) is 2.77. The Morgan fingerprint density at radius 2 is 2.00 bits per heavy atom. The summed E-state index contributed by atoms with van der Waals surface area (Å²) in [6.45, 7) is 0. The molecular formula is C9H9ClO4S. The van der Waals surface area contributed by atoms with E-state index in [2.05, 4.69) is 4.74 Å². The minimum absolute atomic E-state index is 0.0583. The molecule has 0 unspecified atom stereocenters. The van der Waals surface area contributed by atoms with Gasteiger partial charge in [-0.2, -0.15) is 0 Å². The van der Waals surface area contributed by atoms with Gasteiger partial charge < -0.3 is 4.74 Å². The molecule has 0 fully saturated rings. The van der Waals surface area contributed by atoms with Crippen LogP contribution in [0.2, 0.25) is 5.02 Å². The topological polar surface area (TPSA) is 60.4 Å². The third kappa shape index (κ3) is 2.94. The Morgan fingerprint density at radius 3 is 2.53 bits per heavy atom. The smallest absolute Gasteiger partial charge is 0.321 e. The first-order valence-corrected chi connectivity index (χ1v) is 6.04. The van der Waals surface area contributed by atoms with Gasteiger partial charge in [0.15, 0.2) is 15.6 Å². The highest BCUT2D eigenvalue weighted by molar-refractivity contribution is 7.92. The van der Waals surface area contributed by atoms with E-state index in [1.165, 1.54) is 18.2 Å². The molecule has 1 rings (SSSR count). The van der Waals surface area contributed by atoms with Crippen molar-refractivity contribution in [2.45, 2.75) is 4.90 Å². The van der Waals surface area contributed by atoms with Gasteiger partial charge in [-0.15, -0.1) is 0 Å². The predicted octanol–water partition coefficient (Wildman–Crippen LogP) is 1.29. The minimum atomic E-state index is -3.71. The van der Waals surface area contributed by atoms with Gasteiger partial charge >= 0.3 is 5.97 Å². The summed E-state index contributed by atoms with van der Waals surface area (Å²) < 4.78 is 27.6. The summed E-state index contributed by atoms with van der Waals surface area (Å²) in [6, 6.07) is 5.95. The van der Waals surface area contributed by atoms with Crippen LogP contribution >= 0.6 is 11.6 Å². The zero-order chi connectivity index (χ0) is 11.5. The van der Waals surface area contributed by atoms with Crippen LogP contribution in [-0.2, 0) is 19.4 Å². The van der Waals surface area contributed by atoms with Crippen LogP contribution in [0.5, 0.6) is 0 Å². The van der Waals surface area contributed by atoms with Crippen molar-refractivity contribution in [3.63, 3.8) is 0 Å². The van der Waals surface area contributed by atoms with Crippen LogP contribution in [0.4, 0.5) is 0 Å². The predicted molar refractivity (Wildman–Crippen MR) is 55.5 cm³/mol. The van der Waals surface area contributed by atoms with Crippen molar-refractivity contribution in [1.29, 1.82) is 0 Å². The summed E-state index contributed by atoms with van der Waals surface area (Å²) in [7, 11) is -2.58. The van der Waals surface area contributed by atoms with Gasteiger partial charge in [0.25, 0.3) is 0 Å². The number of hydrogen-bond acceptors (Lipinski definition) is 4. The lowest BCUT2D eigenvalue weighted by atomic mass is 10.4. The van der Waals surface area contributed by atoms with E-state index in [0.717, 1.165) is 7.11 Å². The maximum absolute atomic E-state index is 11.6. The zero-order valence-electron chi connectivity index (χ0n) is 7.94. The van der Waals surface area contributed by atoms with Crippen molar-refractivity contribution in [1.82, 2.24) is 0 Å². The highest BCUT2D eigenvalue weighted by atomic mass is 35.5. The fraction of sp³-hybridized carbons (Fsp3) is 0.222. The van der Waals surface area contributed by atoms with Crippen LogP contribution in [0.25, 0.3) is 0 Å². The number of sulfone groups is 1. The molecule has 0 radical (unpaired) electrons. The highest BCUT2D eigenvalue weighted by Gasteiger charge is 2.21. The summed E-state index contributed by atoms with van der Waals surface area (Å²) in [4.78, 5) is 10.8. The fourth-order valence-electron chi connectivity index (χ4n) is 0.989. The van der Waals surface area contributed by atoms with Gasteiger partial charge in [-0.3, -0.25) is 4.79 Å². The van der Waals surface area contributed by atoms with Crippen molar-refractivity contribution in [2.75, 3.05) is 12.9 Å². The van der Waals surface area contributed by atoms with E-state index < -0.39 is 21.6 Å². The molecule has 1 aromatic carbocycles. The summed E-state index contributed by atoms with van der Waals surface area (Å²) in [5.41, 5.74) is 0. The van der Waals surface area contributed by atoms with E-state index in [1.54, 1.807) is 6.07 Å². The van der Waals surface area contributed by atoms with E-state index in [0.29, 0.717) is 0 Å². The van der Waals surface area contributed by atoms with Crippen molar-refractivity contribution in [3.05, 3.63) is 29.3 Å². The fourth-order valence-corrected chi connectivity index (χ4v) is 2.71. The van der Waals surface area contributed by atoms with E-state index in [9.17, 15) is 13.2 Å².